The summed E-state index contributed by atoms with van der Waals surface area (Å²) in [6.45, 7) is 0. The van der Waals surface area contributed by atoms with E-state index in [-0.39, 0.29) is 0 Å². The first-order valence-corrected chi connectivity index (χ1v) is 2.90. The van der Waals surface area contributed by atoms with Gasteiger partial charge in [0.15, 0.2) is 0 Å². The van der Waals surface area contributed by atoms with E-state index in [1.54, 1.807) is 0 Å². The molecule has 2 N–H and O–H groups in total. The fourth-order valence-corrected chi connectivity index (χ4v) is 0.314. The number of hydrogen-bond acceptors (Lipinski definition) is 5. The number of hydrogen-bond donors (Lipinski definition) is 2. The van der Waals surface area contributed by atoms with Gasteiger partial charge in [-0.25, -0.2) is 0 Å². The molecule has 0 fully saturated rings. The molecular formula is CH2NO5P-2. The zero-order valence-corrected chi connectivity index (χ0v) is 4.42. The fourth-order valence-electron chi connectivity index (χ4n) is 0.105. The van der Waals surface area contributed by atoms with Crippen molar-refractivity contribution in [2.45, 2.75) is 0 Å². The van der Waals surface area contributed by atoms with E-state index in [1.165, 1.54) is 0 Å². The van der Waals surface area contributed by atoms with Gasteiger partial charge in [-0.3, -0.25) is 9.97 Å². The summed E-state index contributed by atoms with van der Waals surface area (Å²) in [5, 5.41) is 15.2. The highest BCUT2D eigenvalue weighted by atomic mass is 31.2. The third-order valence-corrected chi connectivity index (χ3v) is 0.595. The molecule has 0 bridgehead atoms. The molecule has 0 aromatic rings. The molecule has 0 aliphatic carbocycles. The predicted octanol–water partition coefficient (Wildman–Crippen LogP) is -2.24. The maximum absolute atomic E-state index is 9.46. The first kappa shape index (κ1) is 7.42. The van der Waals surface area contributed by atoms with Crippen molar-refractivity contribution in [2.75, 3.05) is 0 Å². The minimum absolute atomic E-state index is 1.80. The Bertz CT molecular complexity index is 135. The number of nitrogens with one attached hydrogen (secondary N) is 1. The van der Waals surface area contributed by atoms with Gasteiger partial charge in [0.2, 0.25) is 7.82 Å². The third-order valence-electron chi connectivity index (χ3n) is 0.198. The van der Waals surface area contributed by atoms with E-state index in [0.29, 0.717) is 0 Å². The molecule has 1 unspecified atom stereocenters. The summed E-state index contributed by atoms with van der Waals surface area (Å²) in [7, 11) is -5.01. The van der Waals surface area contributed by atoms with Crippen LogP contribution in [-0.4, -0.2) is 11.0 Å². The van der Waals surface area contributed by atoms with E-state index in [4.69, 9.17) is 10.3 Å². The first-order chi connectivity index (χ1) is 3.42. The number of rotatable bonds is 1. The van der Waals surface area contributed by atoms with Gasteiger partial charge in [0.1, 0.15) is 6.08 Å². The van der Waals surface area contributed by atoms with Crippen molar-refractivity contribution in [2.24, 2.45) is 0 Å². The van der Waals surface area contributed by atoms with E-state index < -0.39 is 13.9 Å². The van der Waals surface area contributed by atoms with Gasteiger partial charge in [-0.15, -0.1) is 0 Å². The first-order valence-electron chi connectivity index (χ1n) is 1.41. The molecule has 0 amide bonds. The lowest BCUT2D eigenvalue weighted by molar-refractivity contribution is -0.260. The van der Waals surface area contributed by atoms with Gasteiger partial charge in [-0.2, -0.15) is 0 Å². The maximum atomic E-state index is 9.46. The molecule has 0 saturated heterocycles. The molecule has 0 aromatic carbocycles. The Hall–Kier alpha value is -0.580. The van der Waals surface area contributed by atoms with Crippen LogP contribution in [0.2, 0.25) is 0 Å². The Morgan fingerprint density at radius 2 is 2.25 bits per heavy atom. The number of phosphoric acid groups is 1. The van der Waals surface area contributed by atoms with E-state index in [0.717, 1.165) is 0 Å². The molecule has 1 atom stereocenters. The Labute approximate surface area is 44.5 Å². The zero-order chi connectivity index (χ0) is 6.78. The Balaban J connectivity index is 3.74. The smallest absolute Gasteiger partial charge is 0.204 e. The maximum Gasteiger partial charge on any atom is 0.204 e. The number of phosphoric ester groups is 1. The van der Waals surface area contributed by atoms with Crippen molar-refractivity contribution in [3.63, 3.8) is 0 Å². The van der Waals surface area contributed by atoms with Crippen LogP contribution in [0.5, 0.6) is 0 Å². The topological polar surface area (TPSA) is 117 Å². The Morgan fingerprint density at radius 3 is 2.25 bits per heavy atom. The molecule has 7 heteroatoms. The second kappa shape index (κ2) is 2.13. The van der Waals surface area contributed by atoms with Gasteiger partial charge in [0.25, 0.3) is 0 Å². The highest BCUT2D eigenvalue weighted by Crippen LogP contribution is 2.29. The minimum Gasteiger partial charge on any atom is -0.769 e. The average Bonchev–Trinajstić information content (AvgIpc) is 1.21. The lowest BCUT2D eigenvalue weighted by Gasteiger charge is -2.23. The standard InChI is InChI=1S/CH4NO5P/c2-1(3)7-8(4,5)6/h(H2,2,3)(H2,4,5,6)/p-2. The lowest BCUT2D eigenvalue weighted by Crippen LogP contribution is -2.20. The highest BCUT2D eigenvalue weighted by Gasteiger charge is 1.90. The van der Waals surface area contributed by atoms with E-state index in [1.807, 2.05) is 0 Å². The van der Waals surface area contributed by atoms with Crippen LogP contribution < -0.4 is 10.00 Å². The van der Waals surface area contributed by atoms with Gasteiger partial charge in [-0.1, -0.05) is 0 Å². The van der Waals surface area contributed by atoms with E-state index >= 15 is 0 Å². The van der Waals surface area contributed by atoms with Crippen molar-refractivity contribution in [3.05, 3.63) is 0 Å². The molecule has 8 heavy (non-hydrogen) atoms. The normalized spacial score (nSPS) is 16.8. The minimum atomic E-state index is -5.01. The highest BCUT2D eigenvalue weighted by molar-refractivity contribution is 7.45. The van der Waals surface area contributed by atoms with Crippen LogP contribution >= 0.6 is 7.82 Å². The molecule has 0 spiro atoms. The Kier molecular flexibility index (Phi) is 1.97. The lowest BCUT2D eigenvalue weighted by atomic mass is 11.4. The molecule has 0 aliphatic heterocycles. The van der Waals surface area contributed by atoms with Gasteiger partial charge in [0, 0.05) is 0 Å². The van der Waals surface area contributed by atoms with Crippen LogP contribution in [0, 0.1) is 5.41 Å². The van der Waals surface area contributed by atoms with Crippen molar-refractivity contribution < 1.29 is 24.0 Å². The summed E-state index contributed by atoms with van der Waals surface area (Å²) in [6, 6.07) is 0. The van der Waals surface area contributed by atoms with Crippen molar-refractivity contribution in [1.82, 2.24) is 0 Å². The zero-order valence-electron chi connectivity index (χ0n) is 3.53. The van der Waals surface area contributed by atoms with Gasteiger partial charge < -0.3 is 19.4 Å². The Morgan fingerprint density at radius 1 is 1.88 bits per heavy atom. The van der Waals surface area contributed by atoms with Crippen molar-refractivity contribution >= 4 is 13.9 Å². The van der Waals surface area contributed by atoms with Crippen molar-refractivity contribution in [1.29, 1.82) is 5.41 Å². The summed E-state index contributed by atoms with van der Waals surface area (Å²) in [5.41, 5.74) is 0. The SMILES string of the molecule is N=C([O-])OP(=O)([O-])O. The molecule has 48 valence electrons. The van der Waals surface area contributed by atoms with Gasteiger partial charge in [-0.05, 0) is 0 Å². The second-order valence-electron chi connectivity index (χ2n) is 0.847. The van der Waals surface area contributed by atoms with Gasteiger partial charge >= 0.3 is 0 Å². The van der Waals surface area contributed by atoms with E-state index in [2.05, 4.69) is 4.52 Å². The van der Waals surface area contributed by atoms with Crippen LogP contribution in [0.4, 0.5) is 0 Å². The molecule has 0 rings (SSSR count). The average molecular weight is 139 g/mol. The summed E-state index contributed by atoms with van der Waals surface area (Å²) < 4.78 is 12.5. The summed E-state index contributed by atoms with van der Waals surface area (Å²) in [4.78, 5) is 17.1. The van der Waals surface area contributed by atoms with Crippen LogP contribution in [-0.2, 0) is 9.09 Å². The summed E-state index contributed by atoms with van der Waals surface area (Å²) in [6.07, 6.45) is -1.80. The second-order valence-corrected chi connectivity index (χ2v) is 1.97. The van der Waals surface area contributed by atoms with Crippen LogP contribution in [0.3, 0.4) is 0 Å². The van der Waals surface area contributed by atoms with Gasteiger partial charge in [0.05, 0.1) is 0 Å². The fraction of sp³-hybridized carbons (Fsp3) is 0. The van der Waals surface area contributed by atoms with Crippen LogP contribution in [0.25, 0.3) is 0 Å². The summed E-state index contributed by atoms with van der Waals surface area (Å²) in [5.74, 6) is 0. The summed E-state index contributed by atoms with van der Waals surface area (Å²) >= 11 is 0. The van der Waals surface area contributed by atoms with Crippen molar-refractivity contribution in [3.8, 4) is 0 Å². The third kappa shape index (κ3) is 5.42. The monoisotopic (exact) mass is 139 g/mol. The molecular weight excluding hydrogens is 137 g/mol. The quantitative estimate of drug-likeness (QED) is 0.242. The molecule has 0 heterocycles. The molecule has 0 saturated carbocycles. The largest absolute Gasteiger partial charge is 0.769 e. The predicted molar refractivity (Wildman–Crippen MR) is 18.6 cm³/mol. The molecule has 0 radical (unpaired) electrons. The van der Waals surface area contributed by atoms with Crippen LogP contribution in [0.1, 0.15) is 0 Å². The van der Waals surface area contributed by atoms with Crippen LogP contribution in [0.15, 0.2) is 0 Å². The van der Waals surface area contributed by atoms with E-state index in [9.17, 15) is 14.6 Å². The molecule has 6 nitrogen and oxygen atoms in total. The molecule has 0 aliphatic rings. The molecule has 0 aromatic heterocycles.